The van der Waals surface area contributed by atoms with Crippen molar-refractivity contribution < 1.29 is 9.59 Å². The molecule has 0 aliphatic rings. The van der Waals surface area contributed by atoms with E-state index in [1.807, 2.05) is 13.8 Å². The van der Waals surface area contributed by atoms with Crippen molar-refractivity contribution in [2.24, 2.45) is 0 Å². The Morgan fingerprint density at radius 3 is 2.55 bits per heavy atom. The molecule has 5 nitrogen and oxygen atoms in total. The van der Waals surface area contributed by atoms with Crippen molar-refractivity contribution in [3.05, 3.63) is 47.3 Å². The average Bonchev–Trinajstić information content (AvgIpc) is 2.91. The Balaban J connectivity index is 2.18. The minimum atomic E-state index is -0.196. The van der Waals surface area contributed by atoms with Crippen LogP contribution in [-0.2, 0) is 13.0 Å². The first-order valence-electron chi connectivity index (χ1n) is 6.61. The number of benzene rings is 1. The van der Waals surface area contributed by atoms with Crippen LogP contribution >= 0.6 is 0 Å². The van der Waals surface area contributed by atoms with E-state index in [0.717, 1.165) is 18.4 Å². The highest BCUT2D eigenvalue weighted by atomic mass is 16.2. The van der Waals surface area contributed by atoms with Crippen LogP contribution in [0.2, 0.25) is 0 Å². The molecule has 1 heterocycles. The first-order valence-corrected chi connectivity index (χ1v) is 6.61. The lowest BCUT2D eigenvalue weighted by Crippen LogP contribution is -2.17. The maximum atomic E-state index is 12.2. The van der Waals surface area contributed by atoms with Crippen LogP contribution in [0, 0.1) is 0 Å². The summed E-state index contributed by atoms with van der Waals surface area (Å²) in [6.45, 7) is 4.59. The van der Waals surface area contributed by atoms with Crippen LogP contribution in [0.25, 0.3) is 0 Å². The topological polar surface area (TPSA) is 64.0 Å². The maximum absolute atomic E-state index is 12.2. The predicted octanol–water partition coefficient (Wildman–Crippen LogP) is 2.53. The van der Waals surface area contributed by atoms with Crippen LogP contribution in [0.4, 0.5) is 5.69 Å². The number of aromatic nitrogens is 2. The molecule has 1 N–H and O–H groups in total. The molecule has 0 unspecified atom stereocenters. The van der Waals surface area contributed by atoms with E-state index in [1.54, 1.807) is 35.0 Å². The molecule has 5 heteroatoms. The van der Waals surface area contributed by atoms with E-state index in [2.05, 4.69) is 10.4 Å². The van der Waals surface area contributed by atoms with Gasteiger partial charge in [0.1, 0.15) is 12.0 Å². The lowest BCUT2D eigenvalue weighted by Gasteiger charge is -2.06. The van der Waals surface area contributed by atoms with Crippen LogP contribution in [-0.4, -0.2) is 22.0 Å². The molecule has 2 rings (SSSR count). The van der Waals surface area contributed by atoms with Crippen LogP contribution in [0.15, 0.2) is 30.3 Å². The fourth-order valence-electron chi connectivity index (χ4n) is 1.91. The van der Waals surface area contributed by atoms with Gasteiger partial charge in [0.05, 0.1) is 5.69 Å². The molecule has 1 aromatic carbocycles. The maximum Gasteiger partial charge on any atom is 0.273 e. The zero-order chi connectivity index (χ0) is 14.5. The van der Waals surface area contributed by atoms with E-state index in [1.165, 1.54) is 0 Å². The van der Waals surface area contributed by atoms with Crippen molar-refractivity contribution >= 4 is 17.9 Å². The molecule has 0 aliphatic heterocycles. The van der Waals surface area contributed by atoms with E-state index in [4.69, 9.17) is 0 Å². The number of carbonyl (C=O) groups is 2. The number of hydrogen-bond donors (Lipinski definition) is 1. The zero-order valence-electron chi connectivity index (χ0n) is 11.6. The number of hydrogen-bond acceptors (Lipinski definition) is 3. The highest BCUT2D eigenvalue weighted by molar-refractivity contribution is 6.03. The second-order valence-corrected chi connectivity index (χ2v) is 4.38. The van der Waals surface area contributed by atoms with Gasteiger partial charge in [0, 0.05) is 17.8 Å². The standard InChI is InChI=1S/C15H17N3O2/c1-3-12-9-14(18(4-2)17-12)15(20)16-13-7-5-11(10-19)6-8-13/h5-10H,3-4H2,1-2H3,(H,16,20). The van der Waals surface area contributed by atoms with E-state index in [9.17, 15) is 9.59 Å². The van der Waals surface area contributed by atoms with Crippen molar-refractivity contribution in [3.8, 4) is 0 Å². The minimum absolute atomic E-state index is 0.196. The van der Waals surface area contributed by atoms with Gasteiger partial charge in [-0.3, -0.25) is 14.3 Å². The molecular formula is C15H17N3O2. The SMILES string of the molecule is CCc1cc(C(=O)Nc2ccc(C=O)cc2)n(CC)n1. The van der Waals surface area contributed by atoms with Gasteiger partial charge in [-0.2, -0.15) is 5.10 Å². The molecule has 104 valence electrons. The fraction of sp³-hybridized carbons (Fsp3) is 0.267. The van der Waals surface area contributed by atoms with Gasteiger partial charge in [0.2, 0.25) is 0 Å². The number of nitrogens with one attached hydrogen (secondary N) is 1. The number of aldehydes is 1. The number of nitrogens with zero attached hydrogens (tertiary/aromatic N) is 2. The molecule has 0 saturated carbocycles. The summed E-state index contributed by atoms with van der Waals surface area (Å²) in [5, 5.41) is 7.15. The van der Waals surface area contributed by atoms with Crippen LogP contribution < -0.4 is 5.32 Å². The Morgan fingerprint density at radius 2 is 2.00 bits per heavy atom. The Bertz CT molecular complexity index is 615. The Morgan fingerprint density at radius 1 is 1.30 bits per heavy atom. The largest absolute Gasteiger partial charge is 0.321 e. The van der Waals surface area contributed by atoms with Gasteiger partial charge < -0.3 is 5.32 Å². The van der Waals surface area contributed by atoms with Gasteiger partial charge >= 0.3 is 0 Å². The summed E-state index contributed by atoms with van der Waals surface area (Å²) in [7, 11) is 0. The van der Waals surface area contributed by atoms with Crippen LogP contribution in [0.1, 0.15) is 40.4 Å². The number of rotatable bonds is 5. The molecular weight excluding hydrogens is 254 g/mol. The normalized spacial score (nSPS) is 10.3. The van der Waals surface area contributed by atoms with E-state index < -0.39 is 0 Å². The van der Waals surface area contributed by atoms with Crippen molar-refractivity contribution in [1.29, 1.82) is 0 Å². The third kappa shape index (κ3) is 2.93. The molecule has 0 atom stereocenters. The highest BCUT2D eigenvalue weighted by Gasteiger charge is 2.14. The average molecular weight is 271 g/mol. The summed E-state index contributed by atoms with van der Waals surface area (Å²) in [4.78, 5) is 22.8. The smallest absolute Gasteiger partial charge is 0.273 e. The first kappa shape index (κ1) is 14.0. The second kappa shape index (κ2) is 6.14. The summed E-state index contributed by atoms with van der Waals surface area (Å²) in [5.41, 5.74) is 2.68. The third-order valence-corrected chi connectivity index (χ3v) is 3.03. The Kier molecular flexibility index (Phi) is 4.30. The highest BCUT2D eigenvalue weighted by Crippen LogP contribution is 2.12. The monoisotopic (exact) mass is 271 g/mol. The van der Waals surface area contributed by atoms with E-state index in [-0.39, 0.29) is 5.91 Å². The molecule has 1 amide bonds. The molecule has 1 aromatic heterocycles. The number of carbonyl (C=O) groups excluding carboxylic acids is 2. The predicted molar refractivity (Wildman–Crippen MR) is 77.1 cm³/mol. The number of aryl methyl sites for hydroxylation is 2. The summed E-state index contributed by atoms with van der Waals surface area (Å²) >= 11 is 0. The fourth-order valence-corrected chi connectivity index (χ4v) is 1.91. The lowest BCUT2D eigenvalue weighted by molar-refractivity contribution is 0.101. The van der Waals surface area contributed by atoms with E-state index in [0.29, 0.717) is 23.5 Å². The van der Waals surface area contributed by atoms with Gasteiger partial charge in [-0.25, -0.2) is 0 Å². The van der Waals surface area contributed by atoms with Crippen molar-refractivity contribution in [2.45, 2.75) is 26.8 Å². The van der Waals surface area contributed by atoms with Crippen LogP contribution in [0.5, 0.6) is 0 Å². The molecule has 0 bridgehead atoms. The summed E-state index contributed by atoms with van der Waals surface area (Å²) < 4.78 is 1.69. The molecule has 0 radical (unpaired) electrons. The van der Waals surface area contributed by atoms with Crippen molar-refractivity contribution in [2.75, 3.05) is 5.32 Å². The van der Waals surface area contributed by atoms with Gasteiger partial charge in [0.15, 0.2) is 0 Å². The molecule has 0 saturated heterocycles. The van der Waals surface area contributed by atoms with Crippen molar-refractivity contribution in [3.63, 3.8) is 0 Å². The molecule has 0 fully saturated rings. The quantitative estimate of drug-likeness (QED) is 0.850. The van der Waals surface area contributed by atoms with E-state index >= 15 is 0 Å². The summed E-state index contributed by atoms with van der Waals surface area (Å²) in [6, 6.07) is 8.54. The summed E-state index contributed by atoms with van der Waals surface area (Å²) in [6.07, 6.45) is 1.56. The minimum Gasteiger partial charge on any atom is -0.321 e. The first-order chi connectivity index (χ1) is 9.67. The van der Waals surface area contributed by atoms with Gasteiger partial charge in [0.25, 0.3) is 5.91 Å². The van der Waals surface area contributed by atoms with Crippen LogP contribution in [0.3, 0.4) is 0 Å². The number of anilines is 1. The lowest BCUT2D eigenvalue weighted by atomic mass is 10.2. The van der Waals surface area contributed by atoms with Gasteiger partial charge in [-0.05, 0) is 43.7 Å². The third-order valence-electron chi connectivity index (χ3n) is 3.03. The molecule has 20 heavy (non-hydrogen) atoms. The second-order valence-electron chi connectivity index (χ2n) is 4.38. The Hall–Kier alpha value is -2.43. The summed E-state index contributed by atoms with van der Waals surface area (Å²) in [5.74, 6) is -0.196. The Labute approximate surface area is 117 Å². The van der Waals surface area contributed by atoms with Crippen molar-refractivity contribution in [1.82, 2.24) is 9.78 Å². The number of amides is 1. The molecule has 2 aromatic rings. The van der Waals surface area contributed by atoms with Gasteiger partial charge in [-0.1, -0.05) is 6.92 Å². The molecule has 0 spiro atoms. The zero-order valence-corrected chi connectivity index (χ0v) is 11.6. The van der Waals surface area contributed by atoms with Gasteiger partial charge in [-0.15, -0.1) is 0 Å². The molecule has 0 aliphatic carbocycles.